The van der Waals surface area contributed by atoms with Crippen molar-refractivity contribution in [3.63, 3.8) is 0 Å². The molecule has 0 fully saturated rings. The summed E-state index contributed by atoms with van der Waals surface area (Å²) in [6.45, 7) is 2.54. The Balaban J connectivity index is 1.49. The van der Waals surface area contributed by atoms with E-state index in [0.29, 0.717) is 18.9 Å². The summed E-state index contributed by atoms with van der Waals surface area (Å²) in [7, 11) is 0. The van der Waals surface area contributed by atoms with Gasteiger partial charge >= 0.3 is 0 Å². The van der Waals surface area contributed by atoms with Crippen LogP contribution in [0.15, 0.2) is 52.6 Å². The smallest absolute Gasteiger partial charge is 0.244 e. The number of aryl methyl sites for hydroxylation is 1. The fourth-order valence-electron chi connectivity index (χ4n) is 2.09. The Morgan fingerprint density at radius 1 is 1.33 bits per heavy atom. The topological polar surface area (TPSA) is 68.0 Å². The Labute approximate surface area is 144 Å². The van der Waals surface area contributed by atoms with E-state index in [4.69, 9.17) is 4.42 Å². The van der Waals surface area contributed by atoms with Crippen LogP contribution in [0.25, 0.3) is 17.5 Å². The minimum absolute atomic E-state index is 0.146. The summed E-state index contributed by atoms with van der Waals surface area (Å²) < 4.78 is 5.50. The second-order valence-corrected chi connectivity index (χ2v) is 6.18. The highest BCUT2D eigenvalue weighted by Crippen LogP contribution is 2.19. The number of benzene rings is 1. The van der Waals surface area contributed by atoms with E-state index >= 15 is 0 Å². The highest BCUT2D eigenvalue weighted by atomic mass is 32.1. The maximum Gasteiger partial charge on any atom is 0.244 e. The molecule has 0 unspecified atom stereocenters. The molecule has 3 rings (SSSR count). The molecule has 6 heteroatoms. The molecule has 2 aromatic heterocycles. The van der Waals surface area contributed by atoms with Crippen molar-refractivity contribution in [2.45, 2.75) is 13.3 Å². The van der Waals surface area contributed by atoms with E-state index < -0.39 is 0 Å². The van der Waals surface area contributed by atoms with Gasteiger partial charge in [-0.05, 0) is 25.1 Å². The van der Waals surface area contributed by atoms with Crippen LogP contribution in [-0.4, -0.2) is 22.4 Å². The van der Waals surface area contributed by atoms with E-state index in [2.05, 4.69) is 15.3 Å². The third-order valence-electron chi connectivity index (χ3n) is 3.36. The van der Waals surface area contributed by atoms with E-state index in [9.17, 15) is 4.79 Å². The molecule has 0 atom stereocenters. The number of nitrogens with zero attached hydrogens (tertiary/aromatic N) is 2. The maximum atomic E-state index is 11.7. The first kappa shape index (κ1) is 16.1. The summed E-state index contributed by atoms with van der Waals surface area (Å²) in [5, 5.41) is 5.50. The van der Waals surface area contributed by atoms with Crippen molar-refractivity contribution in [2.24, 2.45) is 0 Å². The van der Waals surface area contributed by atoms with Crippen LogP contribution in [0.4, 0.5) is 0 Å². The minimum Gasteiger partial charge on any atom is -0.444 e. The Bertz CT molecular complexity index is 820. The molecular formula is C18H17N3O2S. The molecule has 0 saturated carbocycles. The molecule has 0 saturated heterocycles. The molecule has 1 aromatic carbocycles. The third kappa shape index (κ3) is 4.39. The summed E-state index contributed by atoms with van der Waals surface area (Å²) in [4.78, 5) is 20.3. The monoisotopic (exact) mass is 339 g/mol. The number of nitrogens with one attached hydrogen (secondary N) is 1. The highest BCUT2D eigenvalue weighted by Gasteiger charge is 2.06. The van der Waals surface area contributed by atoms with Gasteiger partial charge in [-0.2, -0.15) is 0 Å². The Hall–Kier alpha value is -2.73. The Morgan fingerprint density at radius 3 is 2.92 bits per heavy atom. The second-order valence-electron chi connectivity index (χ2n) is 5.25. The molecule has 0 aliphatic carbocycles. The SMILES string of the molecule is Cc1ccc(-c2nc(CCNC(=O)/C=C\c3nccs3)co2)cc1. The number of amides is 1. The zero-order valence-corrected chi connectivity index (χ0v) is 14.0. The second kappa shape index (κ2) is 7.70. The Morgan fingerprint density at radius 2 is 2.17 bits per heavy atom. The molecule has 0 aliphatic rings. The lowest BCUT2D eigenvalue weighted by Gasteiger charge is -1.99. The summed E-state index contributed by atoms with van der Waals surface area (Å²) in [6, 6.07) is 8.01. The summed E-state index contributed by atoms with van der Waals surface area (Å²) in [5.74, 6) is 0.451. The van der Waals surface area contributed by atoms with E-state index in [1.807, 2.05) is 36.6 Å². The first-order valence-corrected chi connectivity index (χ1v) is 8.45. The van der Waals surface area contributed by atoms with Crippen LogP contribution in [0.1, 0.15) is 16.3 Å². The van der Waals surface area contributed by atoms with Gasteiger partial charge < -0.3 is 9.73 Å². The van der Waals surface area contributed by atoms with Gasteiger partial charge in [-0.25, -0.2) is 9.97 Å². The van der Waals surface area contributed by atoms with Gasteiger partial charge in [0.05, 0.1) is 5.69 Å². The van der Waals surface area contributed by atoms with Gasteiger partial charge in [0.15, 0.2) is 0 Å². The minimum atomic E-state index is -0.146. The number of thiazole rings is 1. The fraction of sp³-hybridized carbons (Fsp3) is 0.167. The molecule has 0 aliphatic heterocycles. The lowest BCUT2D eigenvalue weighted by atomic mass is 10.1. The van der Waals surface area contributed by atoms with Crippen molar-refractivity contribution in [1.82, 2.24) is 15.3 Å². The average Bonchev–Trinajstić information content (AvgIpc) is 3.25. The number of rotatable bonds is 6. The standard InChI is InChI=1S/C18H17N3O2S/c1-13-2-4-14(5-3-13)18-21-15(12-23-18)8-9-19-16(22)6-7-17-20-10-11-24-17/h2-7,10-12H,8-9H2,1H3,(H,19,22)/b7-6-. The molecule has 122 valence electrons. The van der Waals surface area contributed by atoms with Crippen molar-refractivity contribution in [3.05, 3.63) is 64.4 Å². The van der Waals surface area contributed by atoms with Crippen LogP contribution in [0.2, 0.25) is 0 Å². The van der Waals surface area contributed by atoms with Gasteiger partial charge in [-0.15, -0.1) is 11.3 Å². The average molecular weight is 339 g/mol. The van der Waals surface area contributed by atoms with E-state index in [-0.39, 0.29) is 5.91 Å². The van der Waals surface area contributed by atoms with Crippen LogP contribution in [0, 0.1) is 6.92 Å². The van der Waals surface area contributed by atoms with Crippen molar-refractivity contribution < 1.29 is 9.21 Å². The van der Waals surface area contributed by atoms with Crippen LogP contribution in [0.5, 0.6) is 0 Å². The van der Waals surface area contributed by atoms with Gasteiger partial charge in [-0.1, -0.05) is 17.7 Å². The van der Waals surface area contributed by atoms with E-state index in [1.54, 1.807) is 18.5 Å². The van der Waals surface area contributed by atoms with Crippen molar-refractivity contribution in [2.75, 3.05) is 6.54 Å². The van der Waals surface area contributed by atoms with Crippen LogP contribution < -0.4 is 5.32 Å². The summed E-state index contributed by atoms with van der Waals surface area (Å²) in [5.41, 5.74) is 2.95. The number of hydrogen-bond acceptors (Lipinski definition) is 5. The molecule has 3 aromatic rings. The van der Waals surface area contributed by atoms with Crippen molar-refractivity contribution in [1.29, 1.82) is 0 Å². The predicted octanol–water partition coefficient (Wildman–Crippen LogP) is 3.48. The lowest BCUT2D eigenvalue weighted by Crippen LogP contribution is -2.23. The molecule has 24 heavy (non-hydrogen) atoms. The molecule has 1 N–H and O–H groups in total. The third-order valence-corrected chi connectivity index (χ3v) is 4.10. The molecule has 0 bridgehead atoms. The zero-order valence-electron chi connectivity index (χ0n) is 13.2. The van der Waals surface area contributed by atoms with Crippen LogP contribution >= 0.6 is 11.3 Å². The number of oxazole rings is 1. The number of hydrogen-bond donors (Lipinski definition) is 1. The number of aromatic nitrogens is 2. The van der Waals surface area contributed by atoms with E-state index in [1.165, 1.54) is 23.0 Å². The normalized spacial score (nSPS) is 11.0. The number of carbonyl (C=O) groups is 1. The molecule has 0 radical (unpaired) electrons. The van der Waals surface area contributed by atoms with Crippen LogP contribution in [-0.2, 0) is 11.2 Å². The van der Waals surface area contributed by atoms with Gasteiger partial charge in [0.25, 0.3) is 0 Å². The van der Waals surface area contributed by atoms with Gasteiger partial charge in [0.2, 0.25) is 11.8 Å². The Kier molecular flexibility index (Phi) is 5.18. The van der Waals surface area contributed by atoms with Gasteiger partial charge in [0, 0.05) is 36.2 Å². The first-order chi connectivity index (χ1) is 11.7. The largest absolute Gasteiger partial charge is 0.444 e. The predicted molar refractivity (Wildman–Crippen MR) is 94.5 cm³/mol. The molecule has 1 amide bonds. The maximum absolute atomic E-state index is 11.7. The molecular weight excluding hydrogens is 322 g/mol. The van der Waals surface area contributed by atoms with E-state index in [0.717, 1.165) is 16.3 Å². The lowest BCUT2D eigenvalue weighted by molar-refractivity contribution is -0.116. The fourth-order valence-corrected chi connectivity index (χ4v) is 2.62. The quantitative estimate of drug-likeness (QED) is 0.698. The molecule has 5 nitrogen and oxygen atoms in total. The highest BCUT2D eigenvalue weighted by molar-refractivity contribution is 7.10. The van der Waals surface area contributed by atoms with Crippen LogP contribution in [0.3, 0.4) is 0 Å². The number of carbonyl (C=O) groups excluding carboxylic acids is 1. The van der Waals surface area contributed by atoms with Crippen molar-refractivity contribution >= 4 is 23.3 Å². The molecule has 0 spiro atoms. The zero-order chi connectivity index (χ0) is 16.8. The summed E-state index contributed by atoms with van der Waals surface area (Å²) >= 11 is 1.49. The molecule has 2 heterocycles. The van der Waals surface area contributed by atoms with Gasteiger partial charge in [-0.3, -0.25) is 4.79 Å². The van der Waals surface area contributed by atoms with Gasteiger partial charge in [0.1, 0.15) is 11.3 Å². The summed E-state index contributed by atoms with van der Waals surface area (Å²) in [6.07, 6.45) is 7.14. The van der Waals surface area contributed by atoms with Crippen molar-refractivity contribution in [3.8, 4) is 11.5 Å². The first-order valence-electron chi connectivity index (χ1n) is 7.57.